The quantitative estimate of drug-likeness (QED) is 0.626. The van der Waals surface area contributed by atoms with Crippen molar-refractivity contribution >= 4 is 11.9 Å². The second-order valence-electron chi connectivity index (χ2n) is 7.26. The summed E-state index contributed by atoms with van der Waals surface area (Å²) in [5, 5.41) is 19.1. The van der Waals surface area contributed by atoms with Crippen molar-refractivity contribution in [3.63, 3.8) is 0 Å². The molecule has 2 atom stereocenters. The number of aliphatic hydroxyl groups is 1. The first-order valence-corrected chi connectivity index (χ1v) is 9.79. The standard InChI is InChI=1S/C21H31NO4/c23-19(16-17-8-2-1-3-9-17)14-13-18-10-4-5-11-20(24)22(18)15-7-6-12-21(25)26/h1-3,8-9,18-19,23H,4-7,10-16H2,(H,25,26). The number of aliphatic hydroxyl groups excluding tert-OH is 1. The lowest BCUT2D eigenvalue weighted by molar-refractivity contribution is -0.137. The molecule has 0 spiro atoms. The van der Waals surface area contributed by atoms with Crippen LogP contribution in [0, 0.1) is 0 Å². The van der Waals surface area contributed by atoms with E-state index in [2.05, 4.69) is 0 Å². The van der Waals surface area contributed by atoms with Gasteiger partial charge >= 0.3 is 5.97 Å². The topological polar surface area (TPSA) is 77.8 Å². The van der Waals surface area contributed by atoms with Gasteiger partial charge in [-0.05, 0) is 50.5 Å². The van der Waals surface area contributed by atoms with Crippen molar-refractivity contribution in [3.05, 3.63) is 35.9 Å². The summed E-state index contributed by atoms with van der Waals surface area (Å²) in [5.74, 6) is -0.604. The van der Waals surface area contributed by atoms with E-state index in [-0.39, 0.29) is 18.4 Å². The van der Waals surface area contributed by atoms with E-state index in [0.717, 1.165) is 37.7 Å². The normalized spacial score (nSPS) is 19.2. The number of carbonyl (C=O) groups is 2. The van der Waals surface area contributed by atoms with Crippen molar-refractivity contribution in [2.45, 2.75) is 76.4 Å². The predicted molar refractivity (Wildman–Crippen MR) is 101 cm³/mol. The van der Waals surface area contributed by atoms with E-state index >= 15 is 0 Å². The lowest BCUT2D eigenvalue weighted by Crippen LogP contribution is -2.40. The highest BCUT2D eigenvalue weighted by molar-refractivity contribution is 5.76. The number of aliphatic carboxylic acids is 1. The van der Waals surface area contributed by atoms with Gasteiger partial charge < -0.3 is 15.1 Å². The number of carboxylic acids is 1. The fraction of sp³-hybridized carbons (Fsp3) is 0.619. The van der Waals surface area contributed by atoms with Crippen LogP contribution in [0.2, 0.25) is 0 Å². The molecule has 0 aliphatic carbocycles. The summed E-state index contributed by atoms with van der Waals surface area (Å²) in [7, 11) is 0. The zero-order valence-electron chi connectivity index (χ0n) is 15.5. The largest absolute Gasteiger partial charge is 0.481 e. The lowest BCUT2D eigenvalue weighted by atomic mass is 9.98. The van der Waals surface area contributed by atoms with Gasteiger partial charge in [0.2, 0.25) is 5.91 Å². The summed E-state index contributed by atoms with van der Waals surface area (Å²) < 4.78 is 0. The minimum absolute atomic E-state index is 0.155. The van der Waals surface area contributed by atoms with E-state index in [1.165, 1.54) is 0 Å². The summed E-state index contributed by atoms with van der Waals surface area (Å²) in [6.07, 6.45) is 6.72. The zero-order chi connectivity index (χ0) is 18.8. The number of hydrogen-bond donors (Lipinski definition) is 2. The van der Waals surface area contributed by atoms with Gasteiger partial charge in [0.15, 0.2) is 0 Å². The molecule has 1 fully saturated rings. The van der Waals surface area contributed by atoms with Gasteiger partial charge in [-0.1, -0.05) is 36.8 Å². The van der Waals surface area contributed by atoms with E-state index in [4.69, 9.17) is 5.11 Å². The van der Waals surface area contributed by atoms with Gasteiger partial charge in [0.25, 0.3) is 0 Å². The Morgan fingerprint density at radius 3 is 2.69 bits per heavy atom. The van der Waals surface area contributed by atoms with E-state index < -0.39 is 12.1 Å². The summed E-state index contributed by atoms with van der Waals surface area (Å²) >= 11 is 0. The van der Waals surface area contributed by atoms with E-state index in [1.807, 2.05) is 35.2 Å². The SMILES string of the molecule is O=C(O)CCCCN1C(=O)CCCCC1CCC(O)Cc1ccccc1. The molecule has 2 N–H and O–H groups in total. The maximum absolute atomic E-state index is 12.4. The number of unbranched alkanes of at least 4 members (excludes halogenated alkanes) is 1. The second kappa shape index (κ2) is 11.0. The van der Waals surface area contributed by atoms with Crippen LogP contribution in [0.25, 0.3) is 0 Å². The smallest absolute Gasteiger partial charge is 0.303 e. The summed E-state index contributed by atoms with van der Waals surface area (Å²) in [5.41, 5.74) is 1.13. The highest BCUT2D eigenvalue weighted by Crippen LogP contribution is 2.23. The third-order valence-corrected chi connectivity index (χ3v) is 5.13. The first-order chi connectivity index (χ1) is 12.6. The molecule has 0 bridgehead atoms. The summed E-state index contributed by atoms with van der Waals surface area (Å²) in [6, 6.07) is 10.1. The number of amides is 1. The van der Waals surface area contributed by atoms with Gasteiger partial charge in [-0.25, -0.2) is 0 Å². The van der Waals surface area contributed by atoms with Crippen molar-refractivity contribution in [1.82, 2.24) is 4.90 Å². The second-order valence-corrected chi connectivity index (χ2v) is 7.26. The maximum atomic E-state index is 12.4. The van der Waals surface area contributed by atoms with Gasteiger partial charge in [0.1, 0.15) is 0 Å². The fourth-order valence-corrected chi connectivity index (χ4v) is 3.70. The van der Waals surface area contributed by atoms with Crippen molar-refractivity contribution in [3.8, 4) is 0 Å². The molecule has 5 nitrogen and oxygen atoms in total. The van der Waals surface area contributed by atoms with E-state index in [0.29, 0.717) is 32.2 Å². The van der Waals surface area contributed by atoms with Crippen LogP contribution >= 0.6 is 0 Å². The van der Waals surface area contributed by atoms with Crippen molar-refractivity contribution < 1.29 is 19.8 Å². The molecule has 1 heterocycles. The van der Waals surface area contributed by atoms with Gasteiger partial charge in [-0.2, -0.15) is 0 Å². The van der Waals surface area contributed by atoms with Gasteiger partial charge in [-0.15, -0.1) is 0 Å². The first-order valence-electron chi connectivity index (χ1n) is 9.79. The third-order valence-electron chi connectivity index (χ3n) is 5.13. The molecule has 1 aromatic rings. The van der Waals surface area contributed by atoms with Crippen molar-refractivity contribution in [2.24, 2.45) is 0 Å². The van der Waals surface area contributed by atoms with Crippen LogP contribution in [0.3, 0.4) is 0 Å². The highest BCUT2D eigenvalue weighted by Gasteiger charge is 2.26. The minimum atomic E-state index is -0.784. The monoisotopic (exact) mass is 361 g/mol. The Bertz CT molecular complexity index is 560. The Kier molecular flexibility index (Phi) is 8.62. The van der Waals surface area contributed by atoms with Crippen LogP contribution in [0.15, 0.2) is 30.3 Å². The number of nitrogens with zero attached hydrogens (tertiary/aromatic N) is 1. The van der Waals surface area contributed by atoms with Crippen LogP contribution in [-0.4, -0.2) is 45.7 Å². The molecule has 2 rings (SSSR count). The number of hydrogen-bond acceptors (Lipinski definition) is 3. The molecule has 1 aromatic carbocycles. The van der Waals surface area contributed by atoms with Crippen LogP contribution in [0.5, 0.6) is 0 Å². The van der Waals surface area contributed by atoms with Crippen LogP contribution in [0.1, 0.15) is 63.4 Å². The Morgan fingerprint density at radius 1 is 1.19 bits per heavy atom. The van der Waals surface area contributed by atoms with Crippen molar-refractivity contribution in [1.29, 1.82) is 0 Å². The van der Waals surface area contributed by atoms with E-state index in [1.54, 1.807) is 0 Å². The molecule has 144 valence electrons. The molecular weight excluding hydrogens is 330 g/mol. The molecule has 1 aliphatic heterocycles. The molecule has 1 aliphatic rings. The number of rotatable bonds is 10. The zero-order valence-corrected chi connectivity index (χ0v) is 15.5. The Hall–Kier alpha value is -1.88. The van der Waals surface area contributed by atoms with Gasteiger partial charge in [0.05, 0.1) is 6.10 Å². The number of likely N-dealkylation sites (tertiary alicyclic amines) is 1. The molecular formula is C21H31NO4. The lowest BCUT2D eigenvalue weighted by Gasteiger charge is -2.31. The number of carboxylic acid groups (broad SMARTS) is 1. The molecule has 0 radical (unpaired) electrons. The number of benzene rings is 1. The highest BCUT2D eigenvalue weighted by atomic mass is 16.4. The summed E-state index contributed by atoms with van der Waals surface area (Å²) in [6.45, 7) is 0.631. The first kappa shape index (κ1) is 20.4. The average molecular weight is 361 g/mol. The van der Waals surface area contributed by atoms with Gasteiger partial charge in [-0.3, -0.25) is 9.59 Å². The predicted octanol–water partition coefficient (Wildman–Crippen LogP) is 3.40. The Morgan fingerprint density at radius 2 is 1.96 bits per heavy atom. The molecule has 1 amide bonds. The molecule has 5 heteroatoms. The van der Waals surface area contributed by atoms with E-state index in [9.17, 15) is 14.7 Å². The average Bonchev–Trinajstić information content (AvgIpc) is 2.79. The molecule has 26 heavy (non-hydrogen) atoms. The Labute approximate surface area is 156 Å². The van der Waals surface area contributed by atoms with Crippen LogP contribution in [0.4, 0.5) is 0 Å². The molecule has 2 unspecified atom stereocenters. The molecule has 0 saturated carbocycles. The summed E-state index contributed by atoms with van der Waals surface area (Å²) in [4.78, 5) is 25.0. The van der Waals surface area contributed by atoms with Crippen molar-refractivity contribution in [2.75, 3.05) is 6.54 Å². The molecule has 0 aromatic heterocycles. The van der Waals surface area contributed by atoms with Crippen LogP contribution in [-0.2, 0) is 16.0 Å². The Balaban J connectivity index is 1.84. The molecule has 1 saturated heterocycles. The maximum Gasteiger partial charge on any atom is 0.303 e. The fourth-order valence-electron chi connectivity index (χ4n) is 3.70. The van der Waals surface area contributed by atoms with Crippen LogP contribution < -0.4 is 0 Å². The third kappa shape index (κ3) is 7.16. The number of carbonyl (C=O) groups excluding carboxylic acids is 1. The minimum Gasteiger partial charge on any atom is -0.481 e. The van der Waals surface area contributed by atoms with Gasteiger partial charge in [0, 0.05) is 25.4 Å².